The van der Waals surface area contributed by atoms with Gasteiger partial charge in [0.15, 0.2) is 6.10 Å². The third kappa shape index (κ3) is 4.05. The van der Waals surface area contributed by atoms with Gasteiger partial charge in [-0.3, -0.25) is 4.79 Å². The maximum absolute atomic E-state index is 12.8. The van der Waals surface area contributed by atoms with Crippen LogP contribution < -0.4 is 10.1 Å². The molecule has 0 aliphatic heterocycles. The predicted molar refractivity (Wildman–Crippen MR) is 80.9 cm³/mol. The number of rotatable bonds is 5. The van der Waals surface area contributed by atoms with Crippen molar-refractivity contribution in [2.24, 2.45) is 0 Å². The highest BCUT2D eigenvalue weighted by Gasteiger charge is 2.16. The van der Waals surface area contributed by atoms with Crippen LogP contribution in [0.1, 0.15) is 19.4 Å². The minimum atomic E-state index is -0.636. The number of carbonyl (C=O) groups excluding carboxylic acids is 1. The molecule has 0 bridgehead atoms. The Morgan fingerprint density at radius 1 is 1.19 bits per heavy atom. The van der Waals surface area contributed by atoms with Crippen LogP contribution in [0.2, 0.25) is 0 Å². The highest BCUT2D eigenvalue weighted by Crippen LogP contribution is 2.20. The molecule has 0 spiro atoms. The van der Waals surface area contributed by atoms with Gasteiger partial charge in [0.05, 0.1) is 0 Å². The van der Waals surface area contributed by atoms with Crippen molar-refractivity contribution in [2.45, 2.75) is 26.4 Å². The number of hydrogen-bond acceptors (Lipinski definition) is 2. The number of carbonyl (C=O) groups is 1. The largest absolute Gasteiger partial charge is 0.481 e. The molecule has 2 aromatic carbocycles. The number of hydrogen-bond donors (Lipinski definition) is 1. The van der Waals surface area contributed by atoms with E-state index >= 15 is 0 Å². The van der Waals surface area contributed by atoms with Crippen LogP contribution in [0.25, 0.3) is 0 Å². The minimum Gasteiger partial charge on any atom is -0.481 e. The van der Waals surface area contributed by atoms with Gasteiger partial charge in [-0.15, -0.1) is 0 Å². The van der Waals surface area contributed by atoms with Crippen LogP contribution in [0.3, 0.4) is 0 Å². The molecule has 1 N–H and O–H groups in total. The van der Waals surface area contributed by atoms with Gasteiger partial charge in [0.1, 0.15) is 11.6 Å². The van der Waals surface area contributed by atoms with E-state index in [-0.39, 0.29) is 11.7 Å². The Morgan fingerprint density at radius 2 is 1.86 bits per heavy atom. The molecule has 2 rings (SSSR count). The smallest absolute Gasteiger partial charge is 0.265 e. The first kappa shape index (κ1) is 15.0. The van der Waals surface area contributed by atoms with Crippen molar-refractivity contribution in [3.8, 4) is 5.75 Å². The van der Waals surface area contributed by atoms with E-state index in [1.807, 2.05) is 31.2 Å². The second kappa shape index (κ2) is 6.88. The van der Waals surface area contributed by atoms with E-state index in [0.29, 0.717) is 11.4 Å². The van der Waals surface area contributed by atoms with Crippen molar-refractivity contribution < 1.29 is 13.9 Å². The van der Waals surface area contributed by atoms with E-state index in [2.05, 4.69) is 5.32 Å². The SMILES string of the molecule is CCc1ccccc1O[C@@H](C)C(=O)Nc1ccc(F)cc1. The lowest BCUT2D eigenvalue weighted by Gasteiger charge is -2.16. The number of ether oxygens (including phenoxy) is 1. The van der Waals surface area contributed by atoms with Gasteiger partial charge in [-0.1, -0.05) is 25.1 Å². The zero-order valence-electron chi connectivity index (χ0n) is 12.1. The zero-order chi connectivity index (χ0) is 15.2. The van der Waals surface area contributed by atoms with Gasteiger partial charge in [-0.2, -0.15) is 0 Å². The lowest BCUT2D eigenvalue weighted by Crippen LogP contribution is -2.30. The van der Waals surface area contributed by atoms with E-state index in [9.17, 15) is 9.18 Å². The Balaban J connectivity index is 2.01. The molecule has 2 aromatic rings. The molecule has 0 aliphatic rings. The number of aryl methyl sites for hydroxylation is 1. The normalized spacial score (nSPS) is 11.8. The number of anilines is 1. The summed E-state index contributed by atoms with van der Waals surface area (Å²) in [6.07, 6.45) is 0.199. The van der Waals surface area contributed by atoms with Crippen LogP contribution in [0.5, 0.6) is 5.75 Å². The second-order valence-corrected chi connectivity index (χ2v) is 4.72. The van der Waals surface area contributed by atoms with Crippen molar-refractivity contribution in [2.75, 3.05) is 5.32 Å². The van der Waals surface area contributed by atoms with E-state index < -0.39 is 6.10 Å². The molecular weight excluding hydrogens is 269 g/mol. The van der Waals surface area contributed by atoms with Gasteiger partial charge < -0.3 is 10.1 Å². The van der Waals surface area contributed by atoms with Crippen molar-refractivity contribution in [3.63, 3.8) is 0 Å². The Labute approximate surface area is 123 Å². The molecule has 0 saturated carbocycles. The van der Waals surface area contributed by atoms with Crippen LogP contribution in [0.15, 0.2) is 48.5 Å². The molecule has 1 atom stereocenters. The fourth-order valence-corrected chi connectivity index (χ4v) is 1.93. The van der Waals surface area contributed by atoms with Crippen LogP contribution in [0, 0.1) is 5.82 Å². The van der Waals surface area contributed by atoms with Crippen LogP contribution in [-0.2, 0) is 11.2 Å². The highest BCUT2D eigenvalue weighted by molar-refractivity contribution is 5.94. The average molecular weight is 287 g/mol. The van der Waals surface area contributed by atoms with Crippen molar-refractivity contribution in [1.29, 1.82) is 0 Å². The summed E-state index contributed by atoms with van der Waals surface area (Å²) in [5.41, 5.74) is 1.60. The molecule has 3 nitrogen and oxygen atoms in total. The van der Waals surface area contributed by atoms with Gasteiger partial charge in [0.2, 0.25) is 0 Å². The lowest BCUT2D eigenvalue weighted by atomic mass is 10.1. The first-order valence-electron chi connectivity index (χ1n) is 6.91. The first-order chi connectivity index (χ1) is 10.1. The quantitative estimate of drug-likeness (QED) is 0.908. The number of nitrogens with one attached hydrogen (secondary N) is 1. The van der Waals surface area contributed by atoms with Gasteiger partial charge >= 0.3 is 0 Å². The van der Waals surface area contributed by atoms with Gasteiger partial charge in [0.25, 0.3) is 5.91 Å². The number of para-hydroxylation sites is 1. The summed E-state index contributed by atoms with van der Waals surface area (Å²) in [4.78, 5) is 12.1. The zero-order valence-corrected chi connectivity index (χ0v) is 12.1. The third-order valence-corrected chi connectivity index (χ3v) is 3.14. The lowest BCUT2D eigenvalue weighted by molar-refractivity contribution is -0.122. The molecule has 110 valence electrons. The molecule has 0 fully saturated rings. The van der Waals surface area contributed by atoms with Crippen molar-refractivity contribution in [1.82, 2.24) is 0 Å². The molecule has 21 heavy (non-hydrogen) atoms. The minimum absolute atomic E-state index is 0.271. The molecule has 4 heteroatoms. The predicted octanol–water partition coefficient (Wildman–Crippen LogP) is 3.79. The van der Waals surface area contributed by atoms with Crippen molar-refractivity contribution in [3.05, 3.63) is 59.9 Å². The van der Waals surface area contributed by atoms with Crippen LogP contribution in [-0.4, -0.2) is 12.0 Å². The summed E-state index contributed by atoms with van der Waals surface area (Å²) in [7, 11) is 0. The van der Waals surface area contributed by atoms with Crippen molar-refractivity contribution >= 4 is 11.6 Å². The van der Waals surface area contributed by atoms with E-state index in [1.54, 1.807) is 6.92 Å². The Morgan fingerprint density at radius 3 is 2.52 bits per heavy atom. The molecule has 1 amide bonds. The highest BCUT2D eigenvalue weighted by atomic mass is 19.1. The third-order valence-electron chi connectivity index (χ3n) is 3.14. The summed E-state index contributed by atoms with van der Waals surface area (Å²) in [6, 6.07) is 13.3. The first-order valence-corrected chi connectivity index (χ1v) is 6.91. The molecule has 0 unspecified atom stereocenters. The standard InChI is InChI=1S/C17H18FNO2/c1-3-13-6-4-5-7-16(13)21-12(2)17(20)19-15-10-8-14(18)9-11-15/h4-12H,3H2,1-2H3,(H,19,20)/t12-/m0/s1. The molecule has 0 radical (unpaired) electrons. The molecule has 0 aromatic heterocycles. The fourth-order valence-electron chi connectivity index (χ4n) is 1.93. The van der Waals surface area contributed by atoms with Gasteiger partial charge in [-0.25, -0.2) is 4.39 Å². The van der Waals surface area contributed by atoms with Crippen LogP contribution >= 0.6 is 0 Å². The summed E-state index contributed by atoms with van der Waals surface area (Å²) in [5.74, 6) is 0.100. The average Bonchev–Trinajstić information content (AvgIpc) is 2.50. The Hall–Kier alpha value is -2.36. The maximum Gasteiger partial charge on any atom is 0.265 e. The summed E-state index contributed by atoms with van der Waals surface area (Å²) in [6.45, 7) is 3.72. The summed E-state index contributed by atoms with van der Waals surface area (Å²) in [5, 5.41) is 2.70. The van der Waals surface area contributed by atoms with E-state index in [1.165, 1.54) is 24.3 Å². The van der Waals surface area contributed by atoms with E-state index in [4.69, 9.17) is 4.74 Å². The molecule has 0 saturated heterocycles. The van der Waals surface area contributed by atoms with Gasteiger partial charge in [0, 0.05) is 5.69 Å². The monoisotopic (exact) mass is 287 g/mol. The maximum atomic E-state index is 12.8. The van der Waals surface area contributed by atoms with E-state index in [0.717, 1.165) is 12.0 Å². The fraction of sp³-hybridized carbons (Fsp3) is 0.235. The van der Waals surface area contributed by atoms with Gasteiger partial charge in [-0.05, 0) is 49.2 Å². The second-order valence-electron chi connectivity index (χ2n) is 4.72. The Kier molecular flexibility index (Phi) is 4.93. The molecular formula is C17H18FNO2. The van der Waals surface area contributed by atoms with Crippen LogP contribution in [0.4, 0.5) is 10.1 Å². The number of halogens is 1. The number of amides is 1. The Bertz CT molecular complexity index is 610. The summed E-state index contributed by atoms with van der Waals surface area (Å²) < 4.78 is 18.5. The summed E-state index contributed by atoms with van der Waals surface area (Å²) >= 11 is 0. The molecule has 0 aliphatic carbocycles. The molecule has 0 heterocycles. The number of benzene rings is 2. The topological polar surface area (TPSA) is 38.3 Å².